The van der Waals surface area contributed by atoms with Crippen LogP contribution in [0.4, 0.5) is 0 Å². The van der Waals surface area contributed by atoms with E-state index < -0.39 is 26.3 Å². The number of primary sulfonamides is 1. The standard InChI is InChI=1S/C11H17N2O5S3/c1-7-5-8-6-10(20(12,14)15)19-11(8)21(16,17)13(7)4-3-9(13)18-2/h6-7,9H,3-5H2,1-2H3,(H2,12,14,15)/q+1. The van der Waals surface area contributed by atoms with Crippen LogP contribution < -0.4 is 5.14 Å². The van der Waals surface area contributed by atoms with Gasteiger partial charge in [-0.3, -0.25) is 0 Å². The van der Waals surface area contributed by atoms with E-state index in [0.29, 0.717) is 24.9 Å². The highest BCUT2D eigenvalue weighted by Gasteiger charge is 2.63. The molecule has 1 saturated heterocycles. The Morgan fingerprint density at radius 2 is 2.14 bits per heavy atom. The molecule has 1 spiro atoms. The quantitative estimate of drug-likeness (QED) is 0.766. The summed E-state index contributed by atoms with van der Waals surface area (Å²) in [5.74, 6) is 0. The van der Waals surface area contributed by atoms with Gasteiger partial charge in [-0.05, 0) is 18.6 Å². The number of fused-ring (bicyclic) bond motifs is 1. The molecule has 7 nitrogen and oxygen atoms in total. The van der Waals surface area contributed by atoms with Gasteiger partial charge in [-0.1, -0.05) is 0 Å². The molecule has 2 aliphatic rings. The van der Waals surface area contributed by atoms with E-state index in [2.05, 4.69) is 0 Å². The summed E-state index contributed by atoms with van der Waals surface area (Å²) in [6.45, 7) is 2.35. The largest absolute Gasteiger partial charge is 0.339 e. The summed E-state index contributed by atoms with van der Waals surface area (Å²) in [6.07, 6.45) is 0.793. The fourth-order valence-corrected chi connectivity index (χ4v) is 8.44. The summed E-state index contributed by atoms with van der Waals surface area (Å²) < 4.78 is 54.1. The zero-order chi connectivity index (χ0) is 15.6. The van der Waals surface area contributed by atoms with E-state index in [9.17, 15) is 16.8 Å². The van der Waals surface area contributed by atoms with Crippen LogP contribution in [0.2, 0.25) is 0 Å². The number of nitrogens with zero attached hydrogens (tertiary/aromatic N) is 1. The van der Waals surface area contributed by atoms with Crippen molar-refractivity contribution in [3.63, 3.8) is 0 Å². The van der Waals surface area contributed by atoms with Crippen LogP contribution in [-0.2, 0) is 31.2 Å². The molecule has 0 aromatic carbocycles. The minimum atomic E-state index is -3.89. The fraction of sp³-hybridized carbons (Fsp3) is 0.636. The molecule has 3 unspecified atom stereocenters. The Hall–Kier alpha value is -0.520. The summed E-state index contributed by atoms with van der Waals surface area (Å²) in [7, 11) is -6.07. The SMILES string of the molecule is COC1CC[N+]12C(C)Cc1cc(S(N)(=O)=O)sc1S2(=O)=O. The van der Waals surface area contributed by atoms with Gasteiger partial charge in [0.2, 0.25) is 16.3 Å². The molecule has 118 valence electrons. The molecule has 1 aromatic heterocycles. The van der Waals surface area contributed by atoms with E-state index >= 15 is 0 Å². The Bertz CT molecular complexity index is 796. The maximum atomic E-state index is 13.0. The minimum Gasteiger partial charge on any atom is -0.331 e. The molecule has 10 heteroatoms. The van der Waals surface area contributed by atoms with Crippen molar-refractivity contribution in [3.05, 3.63) is 11.6 Å². The zero-order valence-electron chi connectivity index (χ0n) is 11.6. The molecular formula is C11H17N2O5S3+. The molecule has 3 atom stereocenters. The van der Waals surface area contributed by atoms with Gasteiger partial charge in [0.25, 0.3) is 0 Å². The Morgan fingerprint density at radius 1 is 1.48 bits per heavy atom. The van der Waals surface area contributed by atoms with Crippen LogP contribution in [0.5, 0.6) is 0 Å². The number of quaternary nitrogens is 1. The lowest BCUT2D eigenvalue weighted by atomic mass is 10.0. The van der Waals surface area contributed by atoms with Gasteiger partial charge in [-0.2, -0.15) is 12.3 Å². The van der Waals surface area contributed by atoms with Crippen molar-refractivity contribution in [1.29, 1.82) is 0 Å². The first-order valence-corrected chi connectivity index (χ1v) is 10.3. The molecule has 21 heavy (non-hydrogen) atoms. The highest BCUT2D eigenvalue weighted by molar-refractivity contribution is 7.92. The molecule has 3 rings (SSSR count). The summed E-state index contributed by atoms with van der Waals surface area (Å²) in [5, 5.41) is 5.12. The van der Waals surface area contributed by atoms with Crippen molar-refractivity contribution in [2.75, 3.05) is 13.7 Å². The Morgan fingerprint density at radius 3 is 2.62 bits per heavy atom. The lowest BCUT2D eigenvalue weighted by molar-refractivity contribution is -0.925. The van der Waals surface area contributed by atoms with Crippen molar-refractivity contribution >= 4 is 31.4 Å². The lowest BCUT2D eigenvalue weighted by Gasteiger charge is -2.53. The lowest BCUT2D eigenvalue weighted by Crippen LogP contribution is -2.73. The second kappa shape index (κ2) is 4.49. The van der Waals surface area contributed by atoms with Crippen LogP contribution in [0, 0.1) is 0 Å². The van der Waals surface area contributed by atoms with Gasteiger partial charge in [0.05, 0.1) is 6.42 Å². The van der Waals surface area contributed by atoms with Gasteiger partial charge in [0.1, 0.15) is 16.8 Å². The first-order chi connectivity index (χ1) is 9.64. The van der Waals surface area contributed by atoms with E-state index in [0.717, 1.165) is 11.3 Å². The number of nitrogens with two attached hydrogens (primary N) is 1. The van der Waals surface area contributed by atoms with Crippen LogP contribution in [0.1, 0.15) is 18.9 Å². The van der Waals surface area contributed by atoms with Gasteiger partial charge in [0, 0.05) is 13.5 Å². The maximum absolute atomic E-state index is 13.0. The molecule has 0 bridgehead atoms. The van der Waals surface area contributed by atoms with E-state index in [1.165, 1.54) is 13.2 Å². The number of sulfonamides is 2. The van der Waals surface area contributed by atoms with Gasteiger partial charge in [0.15, 0.2) is 4.21 Å². The van der Waals surface area contributed by atoms with Crippen LogP contribution in [0.15, 0.2) is 14.5 Å². The molecule has 0 amide bonds. The summed E-state index contributed by atoms with van der Waals surface area (Å²) in [6, 6.07) is 1.21. The Kier molecular flexibility index (Phi) is 3.29. The van der Waals surface area contributed by atoms with Crippen LogP contribution >= 0.6 is 11.3 Å². The normalized spacial score (nSPS) is 34.4. The predicted octanol–water partition coefficient (Wildman–Crippen LogP) is 0.222. The molecule has 2 aliphatic heterocycles. The van der Waals surface area contributed by atoms with Gasteiger partial charge in [-0.15, -0.1) is 11.3 Å². The third-order valence-electron chi connectivity index (χ3n) is 4.46. The molecule has 2 N–H and O–H groups in total. The van der Waals surface area contributed by atoms with Crippen molar-refractivity contribution in [2.45, 2.75) is 40.5 Å². The average Bonchev–Trinajstić information content (AvgIpc) is 2.72. The number of hydrogen-bond donors (Lipinski definition) is 1. The molecular weight excluding hydrogens is 336 g/mol. The number of hydrogen-bond acceptors (Lipinski definition) is 6. The first kappa shape index (κ1) is 15.4. The average molecular weight is 353 g/mol. The topological polar surface area (TPSA) is 104 Å². The molecule has 3 heterocycles. The van der Waals surface area contributed by atoms with Gasteiger partial charge in [-0.25, -0.2) is 13.6 Å². The summed E-state index contributed by atoms with van der Waals surface area (Å²) in [4.78, 5) is 0. The van der Waals surface area contributed by atoms with Crippen molar-refractivity contribution in [3.8, 4) is 0 Å². The molecule has 0 saturated carbocycles. The van der Waals surface area contributed by atoms with E-state index in [-0.39, 0.29) is 18.3 Å². The van der Waals surface area contributed by atoms with Crippen LogP contribution in [0.25, 0.3) is 0 Å². The third-order valence-corrected chi connectivity index (χ3v) is 10.1. The Balaban J connectivity index is 2.20. The number of methoxy groups -OCH3 is 1. The van der Waals surface area contributed by atoms with E-state index in [1.807, 2.05) is 6.92 Å². The highest BCUT2D eigenvalue weighted by atomic mass is 32.3. The number of rotatable bonds is 2. The minimum absolute atomic E-state index is 0.0992. The predicted molar refractivity (Wildman–Crippen MR) is 76.6 cm³/mol. The molecule has 1 fully saturated rings. The second-order valence-corrected chi connectivity index (χ2v) is 10.6. The molecule has 0 aliphatic carbocycles. The monoisotopic (exact) mass is 353 g/mol. The number of thiophene rings is 1. The molecule has 1 aromatic rings. The fourth-order valence-electron chi connectivity index (χ4n) is 3.32. The first-order valence-electron chi connectivity index (χ1n) is 6.45. The maximum Gasteiger partial charge on any atom is 0.339 e. The third kappa shape index (κ3) is 1.87. The van der Waals surface area contributed by atoms with Gasteiger partial charge >= 0.3 is 10.0 Å². The van der Waals surface area contributed by atoms with Crippen molar-refractivity contribution in [2.24, 2.45) is 5.14 Å². The van der Waals surface area contributed by atoms with Crippen LogP contribution in [0.3, 0.4) is 0 Å². The smallest absolute Gasteiger partial charge is 0.331 e. The zero-order valence-corrected chi connectivity index (χ0v) is 14.1. The number of ether oxygens (including phenoxy) is 1. The van der Waals surface area contributed by atoms with E-state index in [4.69, 9.17) is 9.88 Å². The Labute approximate surface area is 128 Å². The second-order valence-electron chi connectivity index (χ2n) is 5.51. The van der Waals surface area contributed by atoms with Gasteiger partial charge < -0.3 is 4.74 Å². The van der Waals surface area contributed by atoms with E-state index in [1.54, 1.807) is 0 Å². The molecule has 0 radical (unpaired) electrons. The van der Waals surface area contributed by atoms with Crippen molar-refractivity contribution < 1.29 is 25.5 Å². The summed E-state index contributed by atoms with van der Waals surface area (Å²) in [5.41, 5.74) is 0.544. The summed E-state index contributed by atoms with van der Waals surface area (Å²) >= 11 is 0.743. The van der Waals surface area contributed by atoms with Crippen LogP contribution in [-0.4, -0.2) is 46.6 Å². The van der Waals surface area contributed by atoms with Crippen molar-refractivity contribution in [1.82, 2.24) is 0 Å². The highest BCUT2D eigenvalue weighted by Crippen LogP contribution is 2.48.